The minimum atomic E-state index is 0.0853. The zero-order valence-corrected chi connectivity index (χ0v) is 9.40. The van der Waals surface area contributed by atoms with Crippen LogP contribution in [0.2, 0.25) is 0 Å². The van der Waals surface area contributed by atoms with Crippen molar-refractivity contribution in [2.45, 2.75) is 25.7 Å². The molecule has 84 valence electrons. The monoisotopic (exact) mass is 217 g/mol. The molecular formula is C13H15NO2. The van der Waals surface area contributed by atoms with Crippen molar-refractivity contribution in [3.05, 3.63) is 29.8 Å². The van der Waals surface area contributed by atoms with Crippen molar-refractivity contribution < 1.29 is 9.59 Å². The highest BCUT2D eigenvalue weighted by Crippen LogP contribution is 2.24. The second-order valence-corrected chi connectivity index (χ2v) is 4.10. The highest BCUT2D eigenvalue weighted by Gasteiger charge is 2.19. The Morgan fingerprint density at radius 1 is 1.06 bits per heavy atom. The minimum Gasteiger partial charge on any atom is -0.315 e. The molecule has 0 fully saturated rings. The van der Waals surface area contributed by atoms with Crippen LogP contribution in [0.15, 0.2) is 24.3 Å². The molecule has 1 amide bonds. The van der Waals surface area contributed by atoms with Crippen LogP contribution in [0.3, 0.4) is 0 Å². The van der Waals surface area contributed by atoms with Gasteiger partial charge < -0.3 is 4.90 Å². The highest BCUT2D eigenvalue weighted by molar-refractivity contribution is 6.05. The van der Waals surface area contributed by atoms with Gasteiger partial charge in [0, 0.05) is 25.5 Å². The van der Waals surface area contributed by atoms with Crippen LogP contribution in [0.25, 0.3) is 0 Å². The molecule has 0 spiro atoms. The smallest absolute Gasteiger partial charge is 0.226 e. The first kappa shape index (κ1) is 10.9. The van der Waals surface area contributed by atoms with E-state index in [-0.39, 0.29) is 11.7 Å². The van der Waals surface area contributed by atoms with Crippen LogP contribution >= 0.6 is 0 Å². The van der Waals surface area contributed by atoms with E-state index in [1.807, 2.05) is 18.2 Å². The van der Waals surface area contributed by atoms with E-state index in [0.717, 1.165) is 18.5 Å². The molecule has 0 atom stereocenters. The fourth-order valence-corrected chi connectivity index (χ4v) is 2.00. The third-order valence-corrected chi connectivity index (χ3v) is 2.98. The van der Waals surface area contributed by atoms with E-state index in [1.165, 1.54) is 0 Å². The Morgan fingerprint density at radius 2 is 1.75 bits per heavy atom. The molecule has 0 radical (unpaired) electrons. The number of para-hydroxylation sites is 1. The Hall–Kier alpha value is -1.64. The lowest BCUT2D eigenvalue weighted by atomic mass is 10.0. The van der Waals surface area contributed by atoms with Crippen LogP contribution in [0.4, 0.5) is 5.69 Å². The van der Waals surface area contributed by atoms with Gasteiger partial charge in [-0.05, 0) is 25.0 Å². The molecule has 1 aliphatic rings. The van der Waals surface area contributed by atoms with E-state index in [9.17, 15) is 9.59 Å². The molecule has 0 saturated carbocycles. The minimum absolute atomic E-state index is 0.0853. The summed E-state index contributed by atoms with van der Waals surface area (Å²) in [6.07, 6.45) is 2.66. The maximum atomic E-state index is 11.9. The Bertz CT molecular complexity index is 426. The van der Waals surface area contributed by atoms with Gasteiger partial charge in [-0.15, -0.1) is 0 Å². The molecule has 0 unspecified atom stereocenters. The van der Waals surface area contributed by atoms with Gasteiger partial charge in [0.2, 0.25) is 5.91 Å². The lowest BCUT2D eigenvalue weighted by molar-refractivity contribution is -0.118. The molecule has 0 aliphatic carbocycles. The van der Waals surface area contributed by atoms with Gasteiger partial charge in [-0.2, -0.15) is 0 Å². The fourth-order valence-electron chi connectivity index (χ4n) is 2.00. The SMILES string of the molecule is CN1C(=O)CCCCC(=O)c2ccccc21. The van der Waals surface area contributed by atoms with E-state index in [0.29, 0.717) is 18.4 Å². The standard InChI is InChI=1S/C13H15NO2/c1-14-11-7-3-2-6-10(11)12(15)8-4-5-9-13(14)16/h2-3,6-7H,4-5,8-9H2,1H3. The first-order valence-electron chi connectivity index (χ1n) is 5.59. The lowest BCUT2D eigenvalue weighted by Gasteiger charge is -2.18. The maximum Gasteiger partial charge on any atom is 0.226 e. The summed E-state index contributed by atoms with van der Waals surface area (Å²) in [5, 5.41) is 0. The quantitative estimate of drug-likeness (QED) is 0.669. The molecule has 1 aromatic carbocycles. The molecule has 1 aliphatic heterocycles. The summed E-state index contributed by atoms with van der Waals surface area (Å²) in [7, 11) is 1.74. The molecule has 0 aromatic heterocycles. The molecule has 2 rings (SSSR count). The molecule has 3 heteroatoms. The predicted molar refractivity (Wildman–Crippen MR) is 62.7 cm³/mol. The van der Waals surface area contributed by atoms with Crippen LogP contribution < -0.4 is 4.90 Å². The second kappa shape index (κ2) is 4.47. The Morgan fingerprint density at radius 3 is 2.56 bits per heavy atom. The zero-order chi connectivity index (χ0) is 11.5. The Kier molecular flexibility index (Phi) is 3.04. The summed E-state index contributed by atoms with van der Waals surface area (Å²) in [5.41, 5.74) is 1.40. The van der Waals surface area contributed by atoms with Gasteiger partial charge in [-0.25, -0.2) is 0 Å². The molecule has 0 N–H and O–H groups in total. The van der Waals surface area contributed by atoms with Crippen LogP contribution in [0.1, 0.15) is 36.0 Å². The maximum absolute atomic E-state index is 11.9. The van der Waals surface area contributed by atoms with Gasteiger partial charge in [-0.3, -0.25) is 9.59 Å². The largest absolute Gasteiger partial charge is 0.315 e. The molecule has 0 bridgehead atoms. The van der Waals surface area contributed by atoms with E-state index in [2.05, 4.69) is 0 Å². The van der Waals surface area contributed by atoms with E-state index >= 15 is 0 Å². The highest BCUT2D eigenvalue weighted by atomic mass is 16.2. The van der Waals surface area contributed by atoms with Crippen molar-refractivity contribution in [3.63, 3.8) is 0 Å². The van der Waals surface area contributed by atoms with Crippen LogP contribution in [-0.4, -0.2) is 18.7 Å². The van der Waals surface area contributed by atoms with Crippen molar-refractivity contribution in [1.82, 2.24) is 0 Å². The zero-order valence-electron chi connectivity index (χ0n) is 9.40. The van der Waals surface area contributed by atoms with Crippen LogP contribution in [0, 0.1) is 0 Å². The summed E-state index contributed by atoms with van der Waals surface area (Å²) in [6.45, 7) is 0. The Labute approximate surface area is 95.1 Å². The summed E-state index contributed by atoms with van der Waals surface area (Å²) in [4.78, 5) is 25.3. The number of carbonyl (C=O) groups is 2. The van der Waals surface area contributed by atoms with Crippen molar-refractivity contribution in [2.75, 3.05) is 11.9 Å². The second-order valence-electron chi connectivity index (χ2n) is 4.10. The number of anilines is 1. The number of Topliss-reactive ketones (excluding diaryl/α,β-unsaturated/α-hetero) is 1. The third kappa shape index (κ3) is 1.98. The van der Waals surface area contributed by atoms with Gasteiger partial charge in [0.1, 0.15) is 0 Å². The van der Waals surface area contributed by atoms with Crippen molar-refractivity contribution in [1.29, 1.82) is 0 Å². The Balaban J connectivity index is 2.47. The molecule has 0 saturated heterocycles. The van der Waals surface area contributed by atoms with Crippen LogP contribution in [-0.2, 0) is 4.79 Å². The number of benzene rings is 1. The topological polar surface area (TPSA) is 37.4 Å². The first-order valence-corrected chi connectivity index (χ1v) is 5.59. The van der Waals surface area contributed by atoms with E-state index in [1.54, 1.807) is 18.0 Å². The van der Waals surface area contributed by atoms with Gasteiger partial charge in [0.25, 0.3) is 0 Å². The number of carbonyl (C=O) groups excluding carboxylic acids is 2. The van der Waals surface area contributed by atoms with E-state index in [4.69, 9.17) is 0 Å². The number of nitrogens with zero attached hydrogens (tertiary/aromatic N) is 1. The average molecular weight is 217 g/mol. The number of ketones is 1. The summed E-state index contributed by atoms with van der Waals surface area (Å²) in [6, 6.07) is 7.32. The van der Waals surface area contributed by atoms with Gasteiger partial charge >= 0.3 is 0 Å². The summed E-state index contributed by atoms with van der Waals surface area (Å²) in [5.74, 6) is 0.222. The number of hydrogen-bond acceptors (Lipinski definition) is 2. The predicted octanol–water partition coefficient (Wildman–Crippen LogP) is 2.41. The summed E-state index contributed by atoms with van der Waals surface area (Å²) >= 11 is 0. The van der Waals surface area contributed by atoms with Gasteiger partial charge in [-0.1, -0.05) is 12.1 Å². The third-order valence-electron chi connectivity index (χ3n) is 2.98. The van der Waals surface area contributed by atoms with E-state index < -0.39 is 0 Å². The molecule has 1 aromatic rings. The molecule has 3 nitrogen and oxygen atoms in total. The number of fused-ring (bicyclic) bond motifs is 1. The molecule has 1 heterocycles. The van der Waals surface area contributed by atoms with Crippen molar-refractivity contribution >= 4 is 17.4 Å². The number of hydrogen-bond donors (Lipinski definition) is 0. The summed E-state index contributed by atoms with van der Waals surface area (Å²) < 4.78 is 0. The lowest BCUT2D eigenvalue weighted by Crippen LogP contribution is -2.26. The van der Waals surface area contributed by atoms with Crippen molar-refractivity contribution in [3.8, 4) is 0 Å². The van der Waals surface area contributed by atoms with Crippen molar-refractivity contribution in [2.24, 2.45) is 0 Å². The average Bonchev–Trinajstić information content (AvgIpc) is 2.36. The fraction of sp³-hybridized carbons (Fsp3) is 0.385. The van der Waals surface area contributed by atoms with Crippen LogP contribution in [0.5, 0.6) is 0 Å². The molecule has 16 heavy (non-hydrogen) atoms. The normalized spacial score (nSPS) is 17.4. The molecular weight excluding hydrogens is 202 g/mol. The van der Waals surface area contributed by atoms with Gasteiger partial charge in [0.05, 0.1) is 5.69 Å². The van der Waals surface area contributed by atoms with Gasteiger partial charge in [0.15, 0.2) is 5.78 Å². The number of rotatable bonds is 0. The number of amides is 1. The first-order chi connectivity index (χ1) is 7.70.